The lowest BCUT2D eigenvalue weighted by Crippen LogP contribution is -2.45. The molecule has 0 spiro atoms. The molecule has 2 aliphatic rings. The minimum atomic E-state index is -4.46. The van der Waals surface area contributed by atoms with Gasteiger partial charge in [0.25, 0.3) is 0 Å². The molecule has 1 saturated heterocycles. The van der Waals surface area contributed by atoms with Crippen LogP contribution in [0, 0.1) is 5.92 Å². The Kier molecular flexibility index (Phi) is 4.90. The normalized spacial score (nSPS) is 21.1. The lowest BCUT2D eigenvalue weighted by molar-refractivity contribution is -0.137. The second-order valence-corrected chi connectivity index (χ2v) is 8.49. The predicted octanol–water partition coefficient (Wildman–Crippen LogP) is 2.86. The zero-order valence-electron chi connectivity index (χ0n) is 13.2. The standard InChI is InChI=1S/C16H21F3N2O2S/c17-16(18,19)13-3-5-15(6-4-13)24(22,23)21-9-7-14(8-10-21)20-11-12-1-2-12/h3-6,12,14,20H,1-2,7-11H2. The summed E-state index contributed by atoms with van der Waals surface area (Å²) in [7, 11) is -3.73. The van der Waals surface area contributed by atoms with Gasteiger partial charge in [-0.2, -0.15) is 17.5 Å². The van der Waals surface area contributed by atoms with Gasteiger partial charge in [0, 0.05) is 19.1 Å². The molecular formula is C16H21F3N2O2S. The summed E-state index contributed by atoms with van der Waals surface area (Å²) >= 11 is 0. The molecule has 4 nitrogen and oxygen atoms in total. The van der Waals surface area contributed by atoms with Crippen molar-refractivity contribution in [2.24, 2.45) is 5.92 Å². The largest absolute Gasteiger partial charge is 0.416 e. The highest BCUT2D eigenvalue weighted by molar-refractivity contribution is 7.89. The zero-order chi connectivity index (χ0) is 17.4. The van der Waals surface area contributed by atoms with Crippen LogP contribution in [-0.2, 0) is 16.2 Å². The lowest BCUT2D eigenvalue weighted by atomic mass is 10.1. The quantitative estimate of drug-likeness (QED) is 0.876. The van der Waals surface area contributed by atoms with Crippen LogP contribution in [0.15, 0.2) is 29.2 Å². The predicted molar refractivity (Wildman–Crippen MR) is 84.0 cm³/mol. The number of nitrogens with zero attached hydrogens (tertiary/aromatic N) is 1. The fourth-order valence-electron chi connectivity index (χ4n) is 2.92. The number of halogens is 3. The van der Waals surface area contributed by atoms with Crippen molar-refractivity contribution in [3.05, 3.63) is 29.8 Å². The van der Waals surface area contributed by atoms with Gasteiger partial charge in [0.2, 0.25) is 10.0 Å². The molecule has 0 amide bonds. The Morgan fingerprint density at radius 1 is 1.04 bits per heavy atom. The first kappa shape index (κ1) is 17.7. The molecular weight excluding hydrogens is 341 g/mol. The first-order valence-corrected chi connectivity index (χ1v) is 9.61. The van der Waals surface area contributed by atoms with Crippen molar-refractivity contribution in [2.45, 2.75) is 42.8 Å². The minimum Gasteiger partial charge on any atom is -0.314 e. The Morgan fingerprint density at radius 3 is 2.12 bits per heavy atom. The van der Waals surface area contributed by atoms with Crippen LogP contribution < -0.4 is 5.32 Å². The number of sulfonamides is 1. The van der Waals surface area contributed by atoms with E-state index in [0.717, 1.165) is 49.6 Å². The van der Waals surface area contributed by atoms with Gasteiger partial charge in [0.1, 0.15) is 0 Å². The van der Waals surface area contributed by atoms with Gasteiger partial charge in [-0.25, -0.2) is 8.42 Å². The molecule has 1 aliphatic carbocycles. The molecule has 0 bridgehead atoms. The van der Waals surface area contributed by atoms with Crippen LogP contribution in [0.4, 0.5) is 13.2 Å². The molecule has 0 aromatic heterocycles. The number of nitrogens with one attached hydrogen (secondary N) is 1. The molecule has 1 heterocycles. The maximum atomic E-state index is 12.6. The van der Waals surface area contributed by atoms with E-state index in [1.165, 1.54) is 17.1 Å². The van der Waals surface area contributed by atoms with Crippen LogP contribution in [0.2, 0.25) is 0 Å². The molecule has 0 atom stereocenters. The first-order chi connectivity index (χ1) is 11.3. The monoisotopic (exact) mass is 362 g/mol. The van der Waals surface area contributed by atoms with Crippen molar-refractivity contribution in [3.63, 3.8) is 0 Å². The molecule has 1 aromatic carbocycles. The number of hydrogen-bond acceptors (Lipinski definition) is 3. The molecule has 1 N–H and O–H groups in total. The Labute approximate surface area is 140 Å². The van der Waals surface area contributed by atoms with Crippen molar-refractivity contribution in [3.8, 4) is 0 Å². The smallest absolute Gasteiger partial charge is 0.314 e. The first-order valence-electron chi connectivity index (χ1n) is 8.17. The number of rotatable bonds is 5. The Morgan fingerprint density at radius 2 is 1.62 bits per heavy atom. The zero-order valence-corrected chi connectivity index (χ0v) is 14.0. The summed E-state index contributed by atoms with van der Waals surface area (Å²) in [6.45, 7) is 1.79. The molecule has 8 heteroatoms. The van der Waals surface area contributed by atoms with Crippen LogP contribution >= 0.6 is 0 Å². The third kappa shape index (κ3) is 4.10. The number of benzene rings is 1. The number of hydrogen-bond donors (Lipinski definition) is 1. The van der Waals surface area contributed by atoms with Crippen LogP contribution in [0.25, 0.3) is 0 Å². The minimum absolute atomic E-state index is 0.0834. The fourth-order valence-corrected chi connectivity index (χ4v) is 4.39. The molecule has 3 rings (SSSR count). The highest BCUT2D eigenvalue weighted by Gasteiger charge is 2.33. The van der Waals surface area contributed by atoms with Crippen molar-refractivity contribution in [1.29, 1.82) is 0 Å². The molecule has 1 aliphatic heterocycles. The summed E-state index contributed by atoms with van der Waals surface area (Å²) in [5.74, 6) is 0.777. The van der Waals surface area contributed by atoms with E-state index < -0.39 is 21.8 Å². The van der Waals surface area contributed by atoms with E-state index in [4.69, 9.17) is 0 Å². The summed E-state index contributed by atoms with van der Waals surface area (Å²) in [6.07, 6.45) is -0.463. The van der Waals surface area contributed by atoms with Crippen molar-refractivity contribution < 1.29 is 21.6 Å². The molecule has 0 unspecified atom stereocenters. The molecule has 24 heavy (non-hydrogen) atoms. The van der Waals surface area contributed by atoms with Crippen LogP contribution in [0.3, 0.4) is 0 Å². The summed E-state index contributed by atoms with van der Waals surface area (Å²) < 4.78 is 64.2. The third-order valence-electron chi connectivity index (χ3n) is 4.67. The Balaban J connectivity index is 1.61. The maximum Gasteiger partial charge on any atom is 0.416 e. The topological polar surface area (TPSA) is 49.4 Å². The Bertz CT molecular complexity index is 662. The lowest BCUT2D eigenvalue weighted by Gasteiger charge is -2.31. The van der Waals surface area contributed by atoms with Crippen LogP contribution in [0.1, 0.15) is 31.2 Å². The van der Waals surface area contributed by atoms with E-state index in [1.807, 2.05) is 0 Å². The molecule has 1 aromatic rings. The van der Waals surface area contributed by atoms with Crippen molar-refractivity contribution in [1.82, 2.24) is 9.62 Å². The van der Waals surface area contributed by atoms with Gasteiger partial charge in [0.05, 0.1) is 10.5 Å². The maximum absolute atomic E-state index is 12.6. The van der Waals surface area contributed by atoms with E-state index in [-0.39, 0.29) is 4.90 Å². The molecule has 2 fully saturated rings. The SMILES string of the molecule is O=S(=O)(c1ccc(C(F)(F)F)cc1)N1CCC(NCC2CC2)CC1. The van der Waals surface area contributed by atoms with Gasteiger partial charge in [-0.15, -0.1) is 0 Å². The van der Waals surface area contributed by atoms with Gasteiger partial charge >= 0.3 is 6.18 Å². The van der Waals surface area contributed by atoms with E-state index in [9.17, 15) is 21.6 Å². The summed E-state index contributed by atoms with van der Waals surface area (Å²) in [5, 5.41) is 3.47. The van der Waals surface area contributed by atoms with Crippen molar-refractivity contribution in [2.75, 3.05) is 19.6 Å². The van der Waals surface area contributed by atoms with E-state index in [0.29, 0.717) is 19.1 Å². The molecule has 0 radical (unpaired) electrons. The van der Waals surface area contributed by atoms with Crippen LogP contribution in [-0.4, -0.2) is 38.4 Å². The second kappa shape index (κ2) is 6.65. The molecule has 1 saturated carbocycles. The highest BCUT2D eigenvalue weighted by atomic mass is 32.2. The second-order valence-electron chi connectivity index (χ2n) is 6.55. The molecule has 134 valence electrons. The van der Waals surface area contributed by atoms with Gasteiger partial charge in [-0.3, -0.25) is 0 Å². The summed E-state index contributed by atoms with van der Waals surface area (Å²) in [6, 6.07) is 4.03. The summed E-state index contributed by atoms with van der Waals surface area (Å²) in [4.78, 5) is -0.0834. The van der Waals surface area contributed by atoms with E-state index in [2.05, 4.69) is 5.32 Å². The van der Waals surface area contributed by atoms with Crippen LogP contribution in [0.5, 0.6) is 0 Å². The van der Waals surface area contributed by atoms with Gasteiger partial charge < -0.3 is 5.32 Å². The fraction of sp³-hybridized carbons (Fsp3) is 0.625. The number of piperidine rings is 1. The van der Waals surface area contributed by atoms with Crippen molar-refractivity contribution >= 4 is 10.0 Å². The van der Waals surface area contributed by atoms with E-state index in [1.54, 1.807) is 0 Å². The van der Waals surface area contributed by atoms with Gasteiger partial charge in [0.15, 0.2) is 0 Å². The Hall–Kier alpha value is -1.12. The van der Waals surface area contributed by atoms with E-state index >= 15 is 0 Å². The average Bonchev–Trinajstić information content (AvgIpc) is 3.37. The van der Waals surface area contributed by atoms with Gasteiger partial charge in [-0.05, 0) is 62.4 Å². The number of alkyl halides is 3. The third-order valence-corrected chi connectivity index (χ3v) is 6.58. The summed E-state index contributed by atoms with van der Waals surface area (Å²) in [5.41, 5.74) is -0.843. The average molecular weight is 362 g/mol. The highest BCUT2D eigenvalue weighted by Crippen LogP contribution is 2.31. The van der Waals surface area contributed by atoms with Gasteiger partial charge in [-0.1, -0.05) is 0 Å².